The molecular weight excluding hydrogens is 823 g/mol. The summed E-state index contributed by atoms with van der Waals surface area (Å²) in [5, 5.41) is 4.95. The molecule has 0 saturated carbocycles. The number of hydrogen-bond donors (Lipinski definition) is 0. The molecule has 1 aliphatic heterocycles. The molecular formula is C60H44B3N5. The van der Waals surface area contributed by atoms with Crippen LogP contribution in [-0.2, 0) is 0 Å². The summed E-state index contributed by atoms with van der Waals surface area (Å²) in [5.41, 5.74) is 13.9. The Labute approximate surface area is 397 Å². The highest BCUT2D eigenvalue weighted by molar-refractivity contribution is 7.14. The zero-order valence-corrected chi connectivity index (χ0v) is 37.4. The van der Waals surface area contributed by atoms with Gasteiger partial charge < -0.3 is 23.3 Å². The monoisotopic (exact) mass is 867 g/mol. The minimum Gasteiger partial charge on any atom is -0.416 e. The molecule has 2 aromatic heterocycles. The number of anilines is 3. The van der Waals surface area contributed by atoms with Gasteiger partial charge in [0.05, 0.1) is 22.1 Å². The molecule has 318 valence electrons. The Morgan fingerprint density at radius 2 is 0.515 bits per heavy atom. The predicted octanol–water partition coefficient (Wildman–Crippen LogP) is 11.9. The van der Waals surface area contributed by atoms with Gasteiger partial charge in [-0.3, -0.25) is 0 Å². The van der Waals surface area contributed by atoms with Crippen molar-refractivity contribution in [2.24, 2.45) is 0 Å². The first kappa shape index (κ1) is 39.7. The number of rotatable bonds is 8. The molecule has 1 fully saturated rings. The SMILES string of the molecule is c1ccc(B2N(c3ccccc3)B(c3ccccc3)N(c3cccc(-n4c5ccccc5c5cc(-n6c7ccccc7c7ccccc76)ccc54)c3)B(c3ccccc3)N2c2ccccc2)cc1. The second-order valence-corrected chi connectivity index (χ2v) is 17.7. The van der Waals surface area contributed by atoms with E-state index < -0.39 is 0 Å². The number of nitrogens with zero attached hydrogens (tertiary/aromatic N) is 5. The molecule has 13 rings (SSSR count). The average molecular weight is 867 g/mol. The van der Waals surface area contributed by atoms with E-state index in [1.54, 1.807) is 0 Å². The molecule has 0 aliphatic carbocycles. The summed E-state index contributed by atoms with van der Waals surface area (Å²) in [6.45, 7) is -0.677. The van der Waals surface area contributed by atoms with Crippen molar-refractivity contribution in [1.82, 2.24) is 9.13 Å². The molecule has 3 heterocycles. The fourth-order valence-electron chi connectivity index (χ4n) is 11.1. The van der Waals surface area contributed by atoms with Crippen LogP contribution in [0.1, 0.15) is 0 Å². The lowest BCUT2D eigenvalue weighted by molar-refractivity contribution is 1.16. The zero-order chi connectivity index (χ0) is 45.0. The Bertz CT molecular complexity index is 3590. The topological polar surface area (TPSA) is 19.6 Å². The number of hydrogen-bond acceptors (Lipinski definition) is 3. The Balaban J connectivity index is 1.06. The van der Waals surface area contributed by atoms with Gasteiger partial charge in [0, 0.05) is 50.0 Å². The maximum absolute atomic E-state index is 2.65. The van der Waals surface area contributed by atoms with E-state index in [4.69, 9.17) is 0 Å². The van der Waals surface area contributed by atoms with Crippen LogP contribution in [0, 0.1) is 0 Å². The summed E-state index contributed by atoms with van der Waals surface area (Å²) in [5.74, 6) is 0. The third kappa shape index (κ3) is 6.51. The molecule has 0 spiro atoms. The first-order valence-corrected chi connectivity index (χ1v) is 23.5. The number of para-hydroxylation sites is 5. The maximum Gasteiger partial charge on any atom is 0.388 e. The van der Waals surface area contributed by atoms with Crippen LogP contribution in [0.2, 0.25) is 0 Å². The van der Waals surface area contributed by atoms with Gasteiger partial charge in [0.25, 0.3) is 0 Å². The molecule has 12 aromatic rings. The average Bonchev–Trinajstić information content (AvgIpc) is 3.94. The molecule has 0 bridgehead atoms. The van der Waals surface area contributed by atoms with Crippen LogP contribution in [0.5, 0.6) is 0 Å². The van der Waals surface area contributed by atoms with Crippen LogP contribution in [0.15, 0.2) is 267 Å². The molecule has 0 N–H and O–H groups in total. The van der Waals surface area contributed by atoms with Gasteiger partial charge in [-0.25, -0.2) is 0 Å². The highest BCUT2D eigenvalue weighted by atomic mass is 15.3. The van der Waals surface area contributed by atoms with Gasteiger partial charge in [0.1, 0.15) is 0 Å². The van der Waals surface area contributed by atoms with E-state index >= 15 is 0 Å². The maximum atomic E-state index is 2.65. The zero-order valence-electron chi connectivity index (χ0n) is 37.4. The van der Waals surface area contributed by atoms with Crippen molar-refractivity contribution in [2.75, 3.05) is 14.2 Å². The molecule has 5 nitrogen and oxygen atoms in total. The standard InChI is InChI=1S/C60H44B3N5/c1-6-23-45(24-7-1)61-66(48-29-12-4-13-30-48)62(46-25-8-2-9-26-46)68(63(47-27-10-3-11-28-47)67(61)49-31-14-5-15-32-49)52-34-22-33-50(43-52)64-59-40-21-18-37-55(59)56-44-51(41-42-60(56)64)65-57-38-19-16-35-53(57)54-36-17-20-39-58(54)65/h1-44H. The molecule has 0 radical (unpaired) electrons. The summed E-state index contributed by atoms with van der Waals surface area (Å²) in [6.07, 6.45) is 0. The molecule has 1 saturated heterocycles. The lowest BCUT2D eigenvalue weighted by Gasteiger charge is -2.57. The normalized spacial score (nSPS) is 13.1. The van der Waals surface area contributed by atoms with Gasteiger partial charge in [-0.2, -0.15) is 0 Å². The van der Waals surface area contributed by atoms with E-state index in [0.29, 0.717) is 0 Å². The molecule has 10 aromatic carbocycles. The van der Waals surface area contributed by atoms with Gasteiger partial charge in [-0.15, -0.1) is 0 Å². The van der Waals surface area contributed by atoms with E-state index in [1.165, 1.54) is 49.0 Å². The summed E-state index contributed by atoms with van der Waals surface area (Å²) in [4.78, 5) is 0. The highest BCUT2D eigenvalue weighted by Crippen LogP contribution is 2.39. The summed E-state index contributed by atoms with van der Waals surface area (Å²) in [6, 6.07) is 97.7. The van der Waals surface area contributed by atoms with E-state index in [1.807, 2.05) is 0 Å². The summed E-state index contributed by atoms with van der Waals surface area (Å²) >= 11 is 0. The summed E-state index contributed by atoms with van der Waals surface area (Å²) < 4.78 is 12.8. The van der Waals surface area contributed by atoms with Crippen molar-refractivity contribution in [1.29, 1.82) is 0 Å². The first-order valence-electron chi connectivity index (χ1n) is 23.5. The minimum absolute atomic E-state index is 0.197. The van der Waals surface area contributed by atoms with Crippen molar-refractivity contribution in [3.8, 4) is 11.4 Å². The molecule has 8 heteroatoms. The molecule has 0 atom stereocenters. The molecule has 68 heavy (non-hydrogen) atoms. The van der Waals surface area contributed by atoms with Crippen LogP contribution < -0.4 is 30.6 Å². The minimum atomic E-state index is -0.240. The quantitative estimate of drug-likeness (QED) is 0.142. The Hall–Kier alpha value is -8.61. The number of benzene rings is 10. The first-order chi connectivity index (χ1) is 33.8. The van der Waals surface area contributed by atoms with Crippen molar-refractivity contribution in [3.05, 3.63) is 267 Å². The van der Waals surface area contributed by atoms with E-state index in [9.17, 15) is 0 Å². The fraction of sp³-hybridized carbons (Fsp3) is 0. The second-order valence-electron chi connectivity index (χ2n) is 17.7. The lowest BCUT2D eigenvalue weighted by atomic mass is 9.37. The van der Waals surface area contributed by atoms with Crippen LogP contribution in [-0.4, -0.2) is 30.1 Å². The van der Waals surface area contributed by atoms with Gasteiger partial charge in [0.2, 0.25) is 0 Å². The van der Waals surface area contributed by atoms with Crippen molar-refractivity contribution in [2.45, 2.75) is 0 Å². The van der Waals surface area contributed by atoms with Crippen LogP contribution in [0.4, 0.5) is 17.1 Å². The third-order valence-electron chi connectivity index (χ3n) is 13.9. The number of fused-ring (bicyclic) bond motifs is 6. The lowest BCUT2D eigenvalue weighted by Crippen LogP contribution is -2.86. The molecule has 0 amide bonds. The molecule has 1 aliphatic rings. The Morgan fingerprint density at radius 3 is 0.956 bits per heavy atom. The van der Waals surface area contributed by atoms with Crippen molar-refractivity contribution < 1.29 is 0 Å². The number of aromatic nitrogens is 2. The van der Waals surface area contributed by atoms with Gasteiger partial charge >= 0.3 is 20.9 Å². The Kier molecular flexibility index (Phi) is 9.75. The van der Waals surface area contributed by atoms with Crippen molar-refractivity contribution in [3.63, 3.8) is 0 Å². The predicted molar refractivity (Wildman–Crippen MR) is 291 cm³/mol. The Morgan fingerprint density at radius 1 is 0.206 bits per heavy atom. The van der Waals surface area contributed by atoms with Gasteiger partial charge in [-0.1, -0.05) is 188 Å². The van der Waals surface area contributed by atoms with Gasteiger partial charge in [0.15, 0.2) is 0 Å². The highest BCUT2D eigenvalue weighted by Gasteiger charge is 2.55. The molecule has 0 unspecified atom stereocenters. The fourth-order valence-corrected chi connectivity index (χ4v) is 11.1. The van der Waals surface area contributed by atoms with Crippen LogP contribution in [0.25, 0.3) is 55.0 Å². The third-order valence-corrected chi connectivity index (χ3v) is 13.9. The second kappa shape index (κ2) is 16.7. The van der Waals surface area contributed by atoms with Crippen LogP contribution in [0.3, 0.4) is 0 Å². The van der Waals surface area contributed by atoms with Crippen molar-refractivity contribution >= 4 is 98.0 Å². The van der Waals surface area contributed by atoms with E-state index in [2.05, 4.69) is 290 Å². The van der Waals surface area contributed by atoms with Gasteiger partial charge in [-0.05, 0) is 95.3 Å². The largest absolute Gasteiger partial charge is 0.416 e. The van der Waals surface area contributed by atoms with E-state index in [0.717, 1.165) is 39.5 Å². The smallest absolute Gasteiger partial charge is 0.388 e. The summed E-state index contributed by atoms with van der Waals surface area (Å²) in [7, 11) is 0. The van der Waals surface area contributed by atoms with E-state index in [-0.39, 0.29) is 20.9 Å². The van der Waals surface area contributed by atoms with Crippen LogP contribution >= 0.6 is 0 Å².